The van der Waals surface area contributed by atoms with Gasteiger partial charge in [0, 0.05) is 19.6 Å². The molecule has 35 heavy (non-hydrogen) atoms. The minimum Gasteiger partial charge on any atom is -0.494 e. The molecule has 0 aliphatic rings. The van der Waals surface area contributed by atoms with E-state index in [9.17, 15) is 14.7 Å². The Morgan fingerprint density at radius 2 is 1.54 bits per heavy atom. The van der Waals surface area contributed by atoms with E-state index in [-0.39, 0.29) is 18.6 Å². The van der Waals surface area contributed by atoms with E-state index in [1.807, 2.05) is 56.3 Å². The van der Waals surface area contributed by atoms with Crippen molar-refractivity contribution in [3.63, 3.8) is 0 Å². The number of amides is 1. The summed E-state index contributed by atoms with van der Waals surface area (Å²) in [6, 6.07) is 16.9. The molecule has 0 bridgehead atoms. The lowest BCUT2D eigenvalue weighted by Crippen LogP contribution is -2.37. The lowest BCUT2D eigenvalue weighted by Gasteiger charge is -2.23. The van der Waals surface area contributed by atoms with E-state index in [0.717, 1.165) is 24.2 Å². The number of carbonyl (C=O) groups excluding carboxylic acids is 1. The third kappa shape index (κ3) is 11.1. The molecule has 1 atom stereocenters. The number of nitrogens with zero attached hydrogens (tertiary/aromatic N) is 1. The summed E-state index contributed by atoms with van der Waals surface area (Å²) < 4.78 is 22.2. The second-order valence-electron chi connectivity index (χ2n) is 8.27. The van der Waals surface area contributed by atoms with Gasteiger partial charge in [-0.15, -0.1) is 0 Å². The predicted octanol–water partition coefficient (Wildman–Crippen LogP) is 4.80. The minimum absolute atomic E-state index is 0.203. The summed E-state index contributed by atoms with van der Waals surface area (Å²) in [5.74, 6) is 0.497. The van der Waals surface area contributed by atoms with E-state index in [1.54, 1.807) is 24.0 Å². The van der Waals surface area contributed by atoms with Crippen LogP contribution in [0.3, 0.4) is 0 Å². The number of unbranched alkanes of at least 4 members (excludes halogenated alkanes) is 1. The molecular weight excluding hydrogens is 450 g/mol. The minimum atomic E-state index is -0.979. The molecule has 0 aromatic heterocycles. The first-order chi connectivity index (χ1) is 16.9. The highest BCUT2D eigenvalue weighted by Crippen LogP contribution is 2.15. The largest absolute Gasteiger partial charge is 0.494 e. The number of benzene rings is 2. The molecule has 2 aromatic rings. The summed E-state index contributed by atoms with van der Waals surface area (Å²) in [6.45, 7) is 7.57. The Hall–Kier alpha value is -3.26. The van der Waals surface area contributed by atoms with Crippen molar-refractivity contribution < 1.29 is 33.6 Å². The van der Waals surface area contributed by atoms with Crippen LogP contribution in [0.15, 0.2) is 54.6 Å². The van der Waals surface area contributed by atoms with Gasteiger partial charge in [0.2, 0.25) is 0 Å². The van der Waals surface area contributed by atoms with Crippen molar-refractivity contribution in [2.24, 2.45) is 0 Å². The molecule has 2 rings (SSSR count). The van der Waals surface area contributed by atoms with Gasteiger partial charge < -0.3 is 29.0 Å². The number of ether oxygens (including phenoxy) is 4. The topological polar surface area (TPSA) is 94.5 Å². The van der Waals surface area contributed by atoms with Crippen molar-refractivity contribution in [1.82, 2.24) is 4.90 Å². The lowest BCUT2D eigenvalue weighted by molar-refractivity contribution is -0.149. The molecular formula is C27H37NO7. The fourth-order valence-corrected chi connectivity index (χ4v) is 3.31. The molecule has 192 valence electrons. The molecule has 8 nitrogen and oxygen atoms in total. The summed E-state index contributed by atoms with van der Waals surface area (Å²) in [5.41, 5.74) is 0.845. The van der Waals surface area contributed by atoms with Gasteiger partial charge in [-0.25, -0.2) is 9.59 Å². The monoisotopic (exact) mass is 487 g/mol. The van der Waals surface area contributed by atoms with Crippen LogP contribution >= 0.6 is 0 Å². The number of hydrogen-bond acceptors (Lipinski definition) is 6. The number of carbonyl (C=O) groups is 2. The maximum atomic E-state index is 12.5. The fourth-order valence-electron chi connectivity index (χ4n) is 3.31. The molecule has 0 heterocycles. The van der Waals surface area contributed by atoms with Gasteiger partial charge in [0.25, 0.3) is 0 Å². The van der Waals surface area contributed by atoms with Crippen LogP contribution in [-0.2, 0) is 20.7 Å². The molecule has 0 fully saturated rings. The Balaban J connectivity index is 1.79. The van der Waals surface area contributed by atoms with Crippen molar-refractivity contribution in [2.45, 2.75) is 52.2 Å². The smallest absolute Gasteiger partial charge is 0.410 e. The van der Waals surface area contributed by atoms with Gasteiger partial charge in [0.15, 0.2) is 6.10 Å². The average Bonchev–Trinajstić information content (AvgIpc) is 2.83. The molecule has 0 radical (unpaired) electrons. The summed E-state index contributed by atoms with van der Waals surface area (Å²) >= 11 is 0. The van der Waals surface area contributed by atoms with Gasteiger partial charge in [-0.05, 0) is 63.4 Å². The highest BCUT2D eigenvalue weighted by molar-refractivity contribution is 5.72. The molecule has 1 amide bonds. The summed E-state index contributed by atoms with van der Waals surface area (Å²) in [6.07, 6.45) is 0.433. The number of hydrogen-bond donors (Lipinski definition) is 1. The number of carboxylic acid groups (broad SMARTS) is 1. The first-order valence-electron chi connectivity index (χ1n) is 12.1. The zero-order chi connectivity index (χ0) is 25.5. The first kappa shape index (κ1) is 28.0. The van der Waals surface area contributed by atoms with Crippen LogP contribution in [0.5, 0.6) is 11.5 Å². The molecule has 0 aliphatic heterocycles. The Morgan fingerprint density at radius 3 is 2.17 bits per heavy atom. The Labute approximate surface area is 207 Å². The molecule has 1 N–H and O–H groups in total. The third-order valence-electron chi connectivity index (χ3n) is 5.05. The zero-order valence-electron chi connectivity index (χ0n) is 20.9. The Morgan fingerprint density at radius 1 is 0.886 bits per heavy atom. The van der Waals surface area contributed by atoms with Crippen molar-refractivity contribution in [1.29, 1.82) is 0 Å². The number of carboxylic acids is 1. The van der Waals surface area contributed by atoms with Crippen LogP contribution in [0.4, 0.5) is 4.79 Å². The van der Waals surface area contributed by atoms with Crippen LogP contribution in [0.25, 0.3) is 0 Å². The maximum absolute atomic E-state index is 12.5. The van der Waals surface area contributed by atoms with Crippen LogP contribution < -0.4 is 9.47 Å². The van der Waals surface area contributed by atoms with Crippen LogP contribution in [0, 0.1) is 0 Å². The van der Waals surface area contributed by atoms with Gasteiger partial charge in [-0.3, -0.25) is 0 Å². The van der Waals surface area contributed by atoms with Gasteiger partial charge >= 0.3 is 12.1 Å². The summed E-state index contributed by atoms with van der Waals surface area (Å²) in [5, 5.41) is 9.23. The van der Waals surface area contributed by atoms with E-state index < -0.39 is 12.1 Å². The second kappa shape index (κ2) is 15.6. The molecule has 0 saturated heterocycles. The predicted molar refractivity (Wildman–Crippen MR) is 133 cm³/mol. The third-order valence-corrected chi connectivity index (χ3v) is 5.05. The maximum Gasteiger partial charge on any atom is 0.410 e. The fraction of sp³-hybridized carbons (Fsp3) is 0.481. The van der Waals surface area contributed by atoms with Crippen molar-refractivity contribution in [3.05, 3.63) is 60.2 Å². The standard InChI is InChI=1S/C27H37NO7/c1-4-32-25(26(29)30)20-22-12-14-24(15-13-22)34-19-17-28(27(31)35-21(2)3)16-8-9-18-33-23-10-6-5-7-11-23/h5-7,10-15,21,25H,4,8-9,16-20H2,1-3H3,(H,29,30). The van der Waals surface area contributed by atoms with Gasteiger partial charge in [-0.1, -0.05) is 30.3 Å². The zero-order valence-corrected chi connectivity index (χ0v) is 20.9. The average molecular weight is 488 g/mol. The van der Waals surface area contributed by atoms with Crippen molar-refractivity contribution in [3.8, 4) is 11.5 Å². The molecule has 1 unspecified atom stereocenters. The highest BCUT2D eigenvalue weighted by Gasteiger charge is 2.18. The van der Waals surface area contributed by atoms with Gasteiger partial charge in [0.05, 0.1) is 19.3 Å². The van der Waals surface area contributed by atoms with Gasteiger partial charge in [0.1, 0.15) is 18.1 Å². The Kier molecular flexibility index (Phi) is 12.5. The number of rotatable bonds is 16. The Bertz CT molecular complexity index is 871. The first-order valence-corrected chi connectivity index (χ1v) is 12.1. The van der Waals surface area contributed by atoms with Crippen molar-refractivity contribution in [2.75, 3.05) is 32.9 Å². The van der Waals surface area contributed by atoms with E-state index in [1.165, 1.54) is 0 Å². The number of aliphatic carboxylic acids is 1. The second-order valence-corrected chi connectivity index (χ2v) is 8.27. The molecule has 0 aliphatic carbocycles. The van der Waals surface area contributed by atoms with Crippen LogP contribution in [0.1, 0.15) is 39.2 Å². The highest BCUT2D eigenvalue weighted by atomic mass is 16.6. The van der Waals surface area contributed by atoms with E-state index >= 15 is 0 Å². The quantitative estimate of drug-likeness (QED) is 0.340. The SMILES string of the molecule is CCOC(Cc1ccc(OCCN(CCCCOc2ccccc2)C(=O)OC(C)C)cc1)C(=O)O. The normalized spacial score (nSPS) is 11.7. The van der Waals surface area contributed by atoms with Crippen LogP contribution in [0.2, 0.25) is 0 Å². The van der Waals surface area contributed by atoms with Crippen molar-refractivity contribution >= 4 is 12.1 Å². The summed E-state index contributed by atoms with van der Waals surface area (Å²) in [7, 11) is 0. The van der Waals surface area contributed by atoms with E-state index in [0.29, 0.717) is 38.7 Å². The molecule has 8 heteroatoms. The van der Waals surface area contributed by atoms with Crippen LogP contribution in [-0.4, -0.2) is 67.2 Å². The molecule has 2 aromatic carbocycles. The molecule has 0 spiro atoms. The van der Waals surface area contributed by atoms with Gasteiger partial charge in [-0.2, -0.15) is 0 Å². The van der Waals surface area contributed by atoms with E-state index in [4.69, 9.17) is 18.9 Å². The molecule has 0 saturated carbocycles. The lowest BCUT2D eigenvalue weighted by atomic mass is 10.1. The summed E-state index contributed by atoms with van der Waals surface area (Å²) in [4.78, 5) is 25.4. The van der Waals surface area contributed by atoms with E-state index in [2.05, 4.69) is 0 Å². The number of para-hydroxylation sites is 1.